The Labute approximate surface area is 311 Å². The molecule has 0 aromatic heterocycles. The summed E-state index contributed by atoms with van der Waals surface area (Å²) >= 11 is 0. The molecule has 2 atom stereocenters. The number of allylic oxidation sites excluding steroid dienone is 3. The smallest absolute Gasteiger partial charge is 0.267 e. The van der Waals surface area contributed by atoms with Gasteiger partial charge in [-0.05, 0) is 44.9 Å². The minimum Gasteiger partial charge on any atom is -0.387 e. The number of carbonyl (C=O) groups is 1. The van der Waals surface area contributed by atoms with Crippen molar-refractivity contribution in [3.05, 3.63) is 24.3 Å². The number of aliphatic hydroxyl groups excluding tert-OH is 1. The average Bonchev–Trinajstić information content (AvgIpc) is 3.08. The van der Waals surface area contributed by atoms with E-state index >= 15 is 0 Å². The van der Waals surface area contributed by atoms with E-state index in [1.54, 1.807) is 6.08 Å². The second-order valence-electron chi connectivity index (χ2n) is 15.0. The third kappa shape index (κ3) is 38.1. The van der Waals surface area contributed by atoms with Crippen LogP contribution in [0.25, 0.3) is 0 Å². The number of hydrogen-bond donors (Lipinski definition) is 3. The van der Waals surface area contributed by atoms with Gasteiger partial charge in [-0.25, -0.2) is 0 Å². The molecule has 1 amide bonds. The minimum absolute atomic E-state index is 0.279. The first-order valence-corrected chi connectivity index (χ1v) is 23.1. The number of carbonyl (C=O) groups excluding carboxylic acids is 1. The second kappa shape index (κ2) is 37.6. The molecule has 0 bridgehead atoms. The molecule has 0 aliphatic heterocycles. The van der Waals surface area contributed by atoms with Crippen molar-refractivity contribution in [3.8, 4) is 0 Å². The number of unbranched alkanes of at least 4 members (excludes halogenated alkanes) is 29. The average molecular weight is 726 g/mol. The maximum Gasteiger partial charge on any atom is 0.267 e. The van der Waals surface area contributed by atoms with E-state index in [0.717, 1.165) is 38.5 Å². The fourth-order valence-electron chi connectivity index (χ4n) is 6.62. The predicted molar refractivity (Wildman–Crippen MR) is 216 cm³/mol. The molecule has 6 nitrogen and oxygen atoms in total. The lowest BCUT2D eigenvalue weighted by Gasteiger charge is -2.21. The number of hydrogen-bond acceptors (Lipinski definition) is 4. The van der Waals surface area contributed by atoms with E-state index in [1.165, 1.54) is 167 Å². The van der Waals surface area contributed by atoms with Crippen molar-refractivity contribution in [2.24, 2.45) is 0 Å². The summed E-state index contributed by atoms with van der Waals surface area (Å²) in [5, 5.41) is 13.2. The van der Waals surface area contributed by atoms with Crippen molar-refractivity contribution in [3.63, 3.8) is 0 Å². The van der Waals surface area contributed by atoms with Crippen LogP contribution in [0.3, 0.4) is 0 Å². The quantitative estimate of drug-likeness (QED) is 0.0332. The van der Waals surface area contributed by atoms with E-state index in [4.69, 9.17) is 0 Å². The van der Waals surface area contributed by atoms with Gasteiger partial charge in [0.1, 0.15) is 0 Å². The maximum absolute atomic E-state index is 12.5. The van der Waals surface area contributed by atoms with Gasteiger partial charge in [0.25, 0.3) is 10.1 Å². The normalized spacial score (nSPS) is 13.4. The summed E-state index contributed by atoms with van der Waals surface area (Å²) in [6.07, 6.45) is 47.3. The molecule has 0 fully saturated rings. The lowest BCUT2D eigenvalue weighted by atomic mass is 10.0. The molecular weight excluding hydrogens is 643 g/mol. The van der Waals surface area contributed by atoms with Crippen molar-refractivity contribution in [2.75, 3.05) is 5.75 Å². The van der Waals surface area contributed by atoms with Crippen LogP contribution in [0.4, 0.5) is 0 Å². The molecule has 0 radical (unpaired) electrons. The maximum atomic E-state index is 12.5. The standard InChI is InChI=1S/C43H83NO5S/c1-3-5-7-9-11-13-15-17-19-21-22-23-25-27-29-31-33-35-37-39-43(46)44-41(40-50(47,48)49)42(45)38-36-34-32-30-28-26-24-20-18-16-14-12-10-8-6-4-2/h17,19,36,38,41-42,45H,3-16,18,20-35,37,39-40H2,1-2H3,(H,44,46)(H,47,48,49)/b19-17-,38-36+. The molecule has 0 saturated heterocycles. The van der Waals surface area contributed by atoms with E-state index in [9.17, 15) is 22.9 Å². The lowest BCUT2D eigenvalue weighted by Crippen LogP contribution is -2.46. The van der Waals surface area contributed by atoms with E-state index in [2.05, 4.69) is 31.3 Å². The van der Waals surface area contributed by atoms with Crippen LogP contribution in [0.15, 0.2) is 24.3 Å². The third-order valence-electron chi connectivity index (χ3n) is 9.87. The molecule has 50 heavy (non-hydrogen) atoms. The Morgan fingerprint density at radius 2 is 0.840 bits per heavy atom. The summed E-state index contributed by atoms with van der Waals surface area (Å²) in [5.41, 5.74) is 0. The number of aliphatic hydroxyl groups is 1. The molecule has 0 aromatic carbocycles. The molecule has 0 aromatic rings. The van der Waals surface area contributed by atoms with Gasteiger partial charge in [0.2, 0.25) is 5.91 Å². The first kappa shape index (κ1) is 48.8. The first-order valence-electron chi connectivity index (χ1n) is 21.5. The van der Waals surface area contributed by atoms with Crippen LogP contribution in [-0.4, -0.2) is 41.9 Å². The second-order valence-corrected chi connectivity index (χ2v) is 16.5. The van der Waals surface area contributed by atoms with Gasteiger partial charge in [0, 0.05) is 6.42 Å². The molecular formula is C43H83NO5S. The van der Waals surface area contributed by atoms with Gasteiger partial charge in [0.15, 0.2) is 0 Å². The zero-order valence-electron chi connectivity index (χ0n) is 33.0. The van der Waals surface area contributed by atoms with Crippen LogP contribution < -0.4 is 5.32 Å². The summed E-state index contributed by atoms with van der Waals surface area (Å²) in [6, 6.07) is -1.05. The Morgan fingerprint density at radius 3 is 1.20 bits per heavy atom. The summed E-state index contributed by atoms with van der Waals surface area (Å²) in [4.78, 5) is 12.5. The monoisotopic (exact) mass is 726 g/mol. The lowest BCUT2D eigenvalue weighted by molar-refractivity contribution is -0.122. The largest absolute Gasteiger partial charge is 0.387 e. The molecule has 0 aliphatic rings. The Kier molecular flexibility index (Phi) is 36.7. The van der Waals surface area contributed by atoms with E-state index < -0.39 is 28.0 Å². The number of rotatable bonds is 39. The SMILES string of the molecule is CCCCCCCC/C=C\CCCCCCCCCCCC(=O)NC(CS(=O)(=O)O)C(O)/C=C/CCCCCCCCCCCCCCCC. The Bertz CT molecular complexity index is 888. The summed E-state index contributed by atoms with van der Waals surface area (Å²) < 4.78 is 32.5. The molecule has 296 valence electrons. The molecule has 0 heterocycles. The topological polar surface area (TPSA) is 104 Å². The predicted octanol–water partition coefficient (Wildman–Crippen LogP) is 12.7. The Hall–Kier alpha value is -1.18. The zero-order chi connectivity index (χ0) is 36.8. The first-order chi connectivity index (χ1) is 24.3. The highest BCUT2D eigenvalue weighted by molar-refractivity contribution is 7.85. The molecule has 0 rings (SSSR count). The highest BCUT2D eigenvalue weighted by Crippen LogP contribution is 2.15. The van der Waals surface area contributed by atoms with Crippen LogP contribution in [0, 0.1) is 0 Å². The van der Waals surface area contributed by atoms with Crippen molar-refractivity contribution in [2.45, 2.75) is 238 Å². The van der Waals surface area contributed by atoms with Gasteiger partial charge in [-0.3, -0.25) is 9.35 Å². The summed E-state index contributed by atoms with van der Waals surface area (Å²) in [5.74, 6) is -0.974. The summed E-state index contributed by atoms with van der Waals surface area (Å²) in [7, 11) is -4.34. The van der Waals surface area contributed by atoms with Crippen molar-refractivity contribution in [1.29, 1.82) is 0 Å². The van der Waals surface area contributed by atoms with Crippen molar-refractivity contribution >= 4 is 16.0 Å². The van der Waals surface area contributed by atoms with Crippen LogP contribution in [0.5, 0.6) is 0 Å². The molecule has 3 N–H and O–H groups in total. The molecule has 0 aliphatic carbocycles. The van der Waals surface area contributed by atoms with Crippen LogP contribution >= 0.6 is 0 Å². The fourth-order valence-corrected chi connectivity index (χ4v) is 7.36. The van der Waals surface area contributed by atoms with Crippen molar-refractivity contribution in [1.82, 2.24) is 5.32 Å². The van der Waals surface area contributed by atoms with E-state index in [1.807, 2.05) is 6.08 Å². The van der Waals surface area contributed by atoms with E-state index in [0.29, 0.717) is 6.42 Å². The van der Waals surface area contributed by atoms with Gasteiger partial charge in [-0.2, -0.15) is 8.42 Å². The molecule has 2 unspecified atom stereocenters. The fraction of sp³-hybridized carbons (Fsp3) is 0.884. The summed E-state index contributed by atoms with van der Waals surface area (Å²) in [6.45, 7) is 4.53. The number of amides is 1. The highest BCUT2D eigenvalue weighted by atomic mass is 32.2. The van der Waals surface area contributed by atoms with Crippen LogP contribution in [0.1, 0.15) is 226 Å². The van der Waals surface area contributed by atoms with Gasteiger partial charge in [0.05, 0.1) is 17.9 Å². The zero-order valence-corrected chi connectivity index (χ0v) is 33.8. The van der Waals surface area contributed by atoms with Crippen LogP contribution in [0.2, 0.25) is 0 Å². The third-order valence-corrected chi connectivity index (χ3v) is 10.7. The van der Waals surface area contributed by atoms with E-state index in [-0.39, 0.29) is 5.91 Å². The van der Waals surface area contributed by atoms with Gasteiger partial charge in [-0.15, -0.1) is 0 Å². The Morgan fingerprint density at radius 1 is 0.520 bits per heavy atom. The van der Waals surface area contributed by atoms with Gasteiger partial charge < -0.3 is 10.4 Å². The van der Waals surface area contributed by atoms with Gasteiger partial charge >= 0.3 is 0 Å². The van der Waals surface area contributed by atoms with Gasteiger partial charge in [-0.1, -0.05) is 199 Å². The van der Waals surface area contributed by atoms with Crippen molar-refractivity contribution < 1.29 is 22.9 Å². The number of nitrogens with one attached hydrogen (secondary N) is 1. The Balaban J connectivity index is 3.88. The minimum atomic E-state index is -4.34. The molecule has 0 saturated carbocycles. The molecule has 0 spiro atoms. The van der Waals surface area contributed by atoms with Crippen LogP contribution in [-0.2, 0) is 14.9 Å². The highest BCUT2D eigenvalue weighted by Gasteiger charge is 2.24. The molecule has 7 heteroatoms.